The van der Waals surface area contributed by atoms with Crippen LogP contribution in [0.2, 0.25) is 0 Å². The van der Waals surface area contributed by atoms with E-state index >= 15 is 0 Å². The van der Waals surface area contributed by atoms with E-state index in [1.807, 2.05) is 0 Å². The van der Waals surface area contributed by atoms with Gasteiger partial charge in [-0.15, -0.1) is 0 Å². The maximum Gasteiger partial charge on any atom is 0.242 e. The Labute approximate surface area is 118 Å². The van der Waals surface area contributed by atoms with E-state index in [0.717, 1.165) is 30.7 Å². The number of nitrogens with zero attached hydrogens (tertiary/aromatic N) is 4. The Morgan fingerprint density at radius 1 is 1.20 bits per heavy atom. The zero-order chi connectivity index (χ0) is 14.1. The van der Waals surface area contributed by atoms with Crippen LogP contribution in [0.25, 0.3) is 11.0 Å². The van der Waals surface area contributed by atoms with Crippen molar-refractivity contribution in [1.29, 1.82) is 0 Å². The number of hydrogen-bond acceptors (Lipinski definition) is 6. The lowest BCUT2D eigenvalue weighted by molar-refractivity contribution is 0.397. The van der Waals surface area contributed by atoms with Crippen LogP contribution in [0.3, 0.4) is 0 Å². The number of aromatic nitrogens is 3. The van der Waals surface area contributed by atoms with Crippen LogP contribution in [0.1, 0.15) is 13.3 Å². The van der Waals surface area contributed by atoms with Crippen LogP contribution in [0.15, 0.2) is 18.6 Å². The monoisotopic (exact) mass is 273 g/mol. The van der Waals surface area contributed by atoms with E-state index in [4.69, 9.17) is 10.5 Å². The van der Waals surface area contributed by atoms with Gasteiger partial charge in [0.2, 0.25) is 5.88 Å². The predicted octanol–water partition coefficient (Wildman–Crippen LogP) is 1.21. The molecule has 0 bridgehead atoms. The third-order valence-electron chi connectivity index (χ3n) is 3.67. The maximum absolute atomic E-state index is 6.13. The third kappa shape index (κ3) is 2.27. The molecule has 2 N–H and O–H groups in total. The maximum atomic E-state index is 6.13. The van der Waals surface area contributed by atoms with Gasteiger partial charge in [0.15, 0.2) is 5.52 Å². The van der Waals surface area contributed by atoms with Crippen molar-refractivity contribution in [1.82, 2.24) is 15.0 Å². The van der Waals surface area contributed by atoms with Crippen molar-refractivity contribution >= 4 is 16.7 Å². The zero-order valence-electron chi connectivity index (χ0n) is 11.8. The van der Waals surface area contributed by atoms with Crippen molar-refractivity contribution in [3.8, 4) is 5.88 Å². The molecule has 6 heteroatoms. The molecule has 3 rings (SSSR count). The summed E-state index contributed by atoms with van der Waals surface area (Å²) >= 11 is 0. The average Bonchev–Trinajstić information content (AvgIpc) is 2.45. The van der Waals surface area contributed by atoms with Crippen molar-refractivity contribution in [3.05, 3.63) is 18.6 Å². The van der Waals surface area contributed by atoms with Crippen molar-refractivity contribution in [2.75, 3.05) is 25.1 Å². The summed E-state index contributed by atoms with van der Waals surface area (Å²) in [5.74, 6) is 1.07. The van der Waals surface area contributed by atoms with Crippen LogP contribution in [-0.4, -0.2) is 41.2 Å². The second-order valence-electron chi connectivity index (χ2n) is 5.41. The molecule has 2 aromatic rings. The second kappa shape index (κ2) is 5.20. The summed E-state index contributed by atoms with van der Waals surface area (Å²) in [4.78, 5) is 15.4. The molecule has 3 heterocycles. The van der Waals surface area contributed by atoms with Gasteiger partial charge in [-0.2, -0.15) is 0 Å². The van der Waals surface area contributed by atoms with Crippen LogP contribution in [0.5, 0.6) is 5.88 Å². The highest BCUT2D eigenvalue weighted by Crippen LogP contribution is 2.30. The molecule has 106 valence electrons. The average molecular weight is 273 g/mol. The van der Waals surface area contributed by atoms with Crippen molar-refractivity contribution < 1.29 is 4.74 Å². The minimum atomic E-state index is 0.188. The van der Waals surface area contributed by atoms with E-state index in [-0.39, 0.29) is 6.04 Å². The predicted molar refractivity (Wildman–Crippen MR) is 77.9 cm³/mol. The first-order chi connectivity index (χ1) is 9.69. The number of nitrogens with two attached hydrogens (primary N) is 1. The molecule has 0 unspecified atom stereocenters. The van der Waals surface area contributed by atoms with Crippen LogP contribution in [-0.2, 0) is 0 Å². The second-order valence-corrected chi connectivity index (χ2v) is 5.41. The van der Waals surface area contributed by atoms with E-state index in [2.05, 4.69) is 26.8 Å². The van der Waals surface area contributed by atoms with E-state index < -0.39 is 0 Å². The van der Waals surface area contributed by atoms with Crippen LogP contribution in [0.4, 0.5) is 5.69 Å². The van der Waals surface area contributed by atoms with Gasteiger partial charge in [-0.1, -0.05) is 6.92 Å². The molecule has 0 aliphatic carbocycles. The van der Waals surface area contributed by atoms with E-state index in [9.17, 15) is 0 Å². The Morgan fingerprint density at radius 3 is 2.65 bits per heavy atom. The summed E-state index contributed by atoms with van der Waals surface area (Å²) < 4.78 is 5.26. The van der Waals surface area contributed by atoms with Gasteiger partial charge in [0.25, 0.3) is 0 Å². The molecule has 1 saturated heterocycles. The molecule has 1 aliphatic heterocycles. The molecule has 0 radical (unpaired) electrons. The fourth-order valence-electron chi connectivity index (χ4n) is 2.90. The summed E-state index contributed by atoms with van der Waals surface area (Å²) in [7, 11) is 1.59. The first-order valence-corrected chi connectivity index (χ1v) is 6.83. The lowest BCUT2D eigenvalue weighted by Crippen LogP contribution is -2.46. The van der Waals surface area contributed by atoms with Crippen LogP contribution in [0, 0.1) is 5.92 Å². The van der Waals surface area contributed by atoms with Crippen molar-refractivity contribution in [2.24, 2.45) is 11.7 Å². The number of pyridine rings is 1. The Morgan fingerprint density at radius 2 is 1.95 bits per heavy atom. The number of ether oxygens (including phenoxy) is 1. The van der Waals surface area contributed by atoms with Crippen LogP contribution < -0.4 is 15.4 Å². The molecule has 1 fully saturated rings. The molecule has 1 aliphatic rings. The van der Waals surface area contributed by atoms with Crippen molar-refractivity contribution in [3.63, 3.8) is 0 Å². The Balaban J connectivity index is 2.08. The molecule has 20 heavy (non-hydrogen) atoms. The third-order valence-corrected chi connectivity index (χ3v) is 3.67. The van der Waals surface area contributed by atoms with Gasteiger partial charge in [0, 0.05) is 31.5 Å². The first-order valence-electron chi connectivity index (χ1n) is 6.83. The molecule has 0 aromatic carbocycles. The number of methoxy groups -OCH3 is 1. The van der Waals surface area contributed by atoms with Gasteiger partial charge < -0.3 is 15.4 Å². The normalized spacial score (nSPS) is 23.1. The summed E-state index contributed by atoms with van der Waals surface area (Å²) in [6, 6.07) is 0.188. The smallest absolute Gasteiger partial charge is 0.242 e. The summed E-state index contributed by atoms with van der Waals surface area (Å²) in [6.07, 6.45) is 6.21. The quantitative estimate of drug-likeness (QED) is 0.886. The topological polar surface area (TPSA) is 77.2 Å². The van der Waals surface area contributed by atoms with Gasteiger partial charge in [-0.3, -0.25) is 4.98 Å². The Hall–Kier alpha value is -1.95. The number of hydrogen-bond donors (Lipinski definition) is 1. The van der Waals surface area contributed by atoms with Gasteiger partial charge in [0.1, 0.15) is 5.52 Å². The minimum absolute atomic E-state index is 0.188. The van der Waals surface area contributed by atoms with Crippen LogP contribution >= 0.6 is 0 Å². The molecular weight excluding hydrogens is 254 g/mol. The number of anilines is 1. The van der Waals surface area contributed by atoms with E-state index in [1.165, 1.54) is 0 Å². The summed E-state index contributed by atoms with van der Waals surface area (Å²) in [5, 5.41) is 0. The number of fused-ring (bicyclic) bond motifs is 1. The van der Waals surface area contributed by atoms with Gasteiger partial charge >= 0.3 is 0 Å². The summed E-state index contributed by atoms with van der Waals surface area (Å²) in [6.45, 7) is 4.01. The number of rotatable bonds is 2. The lowest BCUT2D eigenvalue weighted by atomic mass is 9.96. The largest absolute Gasteiger partial charge is 0.479 e. The highest BCUT2D eigenvalue weighted by Gasteiger charge is 2.25. The molecule has 0 amide bonds. The molecule has 2 aromatic heterocycles. The minimum Gasteiger partial charge on any atom is -0.479 e. The zero-order valence-corrected chi connectivity index (χ0v) is 11.8. The lowest BCUT2D eigenvalue weighted by Gasteiger charge is -2.36. The summed E-state index contributed by atoms with van der Waals surface area (Å²) in [5.41, 5.74) is 8.63. The SMILES string of the molecule is COc1ncc(N2C[C@@H](C)C[C@@H](N)C2)c2nccnc12. The first kappa shape index (κ1) is 13.1. The molecule has 2 atom stereocenters. The fraction of sp³-hybridized carbons (Fsp3) is 0.500. The van der Waals surface area contributed by atoms with E-state index in [1.54, 1.807) is 25.7 Å². The Bertz CT molecular complexity index is 608. The van der Waals surface area contributed by atoms with Gasteiger partial charge in [-0.05, 0) is 12.3 Å². The highest BCUT2D eigenvalue weighted by molar-refractivity contribution is 5.90. The molecule has 0 saturated carbocycles. The van der Waals surface area contributed by atoms with Gasteiger partial charge in [-0.25, -0.2) is 9.97 Å². The fourth-order valence-corrected chi connectivity index (χ4v) is 2.90. The standard InChI is InChI=1S/C14H19N5O/c1-9-5-10(15)8-19(7-9)11-6-18-14(20-2)13-12(11)16-3-4-17-13/h3-4,6,9-10H,5,7-8,15H2,1-2H3/t9-,10+/m0/s1. The van der Waals surface area contributed by atoms with Crippen molar-refractivity contribution in [2.45, 2.75) is 19.4 Å². The Kier molecular flexibility index (Phi) is 3.40. The van der Waals surface area contributed by atoms with E-state index in [0.29, 0.717) is 17.3 Å². The molecule has 0 spiro atoms. The highest BCUT2D eigenvalue weighted by atomic mass is 16.5. The molecular formula is C14H19N5O. The van der Waals surface area contributed by atoms with Gasteiger partial charge in [0.05, 0.1) is 19.0 Å². The molecule has 6 nitrogen and oxygen atoms in total. The number of piperidine rings is 1.